The third-order valence-corrected chi connectivity index (χ3v) is 5.98. The molecule has 0 spiro atoms. The van der Waals surface area contributed by atoms with Crippen molar-refractivity contribution in [2.45, 2.75) is 25.4 Å². The zero-order chi connectivity index (χ0) is 19.9. The maximum Gasteiger partial charge on any atom is 0.345 e. The largest absolute Gasteiger partial charge is 0.477 e. The molecule has 28 heavy (non-hydrogen) atoms. The summed E-state index contributed by atoms with van der Waals surface area (Å²) in [5.74, 6) is -0.864. The molecule has 1 aliphatic rings. The monoisotopic (exact) mass is 402 g/mol. The maximum absolute atomic E-state index is 12.8. The first kappa shape index (κ1) is 20.5. The highest BCUT2D eigenvalue weighted by Gasteiger charge is 2.25. The Morgan fingerprint density at radius 1 is 1.29 bits per heavy atom. The molecule has 0 radical (unpaired) electrons. The van der Waals surface area contributed by atoms with E-state index >= 15 is 0 Å². The topological polar surface area (TPSA) is 78.9 Å². The van der Waals surface area contributed by atoms with Crippen molar-refractivity contribution in [1.29, 1.82) is 0 Å². The summed E-state index contributed by atoms with van der Waals surface area (Å²) in [5.41, 5.74) is 0.836. The van der Waals surface area contributed by atoms with Gasteiger partial charge in [-0.3, -0.25) is 5.32 Å². The molecule has 2 N–H and O–H groups in total. The Balaban J connectivity index is 1.62. The molecular formula is C21H26N2O4S. The van der Waals surface area contributed by atoms with Crippen molar-refractivity contribution >= 4 is 23.3 Å². The van der Waals surface area contributed by atoms with Crippen molar-refractivity contribution in [3.63, 3.8) is 0 Å². The molecule has 3 rings (SSSR count). The average molecular weight is 403 g/mol. The number of carbonyl (C=O) groups is 2. The van der Waals surface area contributed by atoms with E-state index < -0.39 is 12.0 Å². The molecule has 7 heteroatoms. The molecular weight excluding hydrogens is 376 g/mol. The molecule has 2 atom stereocenters. The average Bonchev–Trinajstić information content (AvgIpc) is 3.17. The van der Waals surface area contributed by atoms with Crippen LogP contribution in [0.25, 0.3) is 0 Å². The van der Waals surface area contributed by atoms with E-state index in [0.29, 0.717) is 19.1 Å². The zero-order valence-corrected chi connectivity index (χ0v) is 16.8. The number of hydrogen-bond acceptors (Lipinski definition) is 6. The fraction of sp³-hybridized carbons (Fsp3) is 0.429. The highest BCUT2D eigenvalue weighted by atomic mass is 32.1. The van der Waals surface area contributed by atoms with Crippen molar-refractivity contribution in [2.24, 2.45) is 5.92 Å². The van der Waals surface area contributed by atoms with Gasteiger partial charge in [-0.25, -0.2) is 9.59 Å². The molecule has 0 bridgehead atoms. The Morgan fingerprint density at radius 3 is 2.75 bits per heavy atom. The van der Waals surface area contributed by atoms with Crippen LogP contribution >= 0.6 is 11.3 Å². The van der Waals surface area contributed by atoms with Crippen LogP contribution in [0.3, 0.4) is 0 Å². The van der Waals surface area contributed by atoms with Crippen molar-refractivity contribution in [1.82, 2.24) is 10.2 Å². The Labute approximate surface area is 169 Å². The lowest BCUT2D eigenvalue weighted by Gasteiger charge is -2.29. The number of rotatable bonds is 8. The number of aromatic carboxylic acids is 1. The van der Waals surface area contributed by atoms with Crippen LogP contribution < -0.4 is 5.32 Å². The number of nitrogens with zero attached hydrogens (tertiary/aromatic N) is 1. The Morgan fingerprint density at radius 2 is 2.07 bits per heavy atom. The van der Waals surface area contributed by atoms with Crippen molar-refractivity contribution in [3.8, 4) is 0 Å². The van der Waals surface area contributed by atoms with Crippen LogP contribution in [0.4, 0.5) is 0 Å². The van der Waals surface area contributed by atoms with Crippen LogP contribution in [0.15, 0.2) is 42.5 Å². The van der Waals surface area contributed by atoms with E-state index in [1.165, 1.54) is 11.3 Å². The fourth-order valence-electron chi connectivity index (χ4n) is 3.47. The van der Waals surface area contributed by atoms with Crippen LogP contribution in [-0.2, 0) is 16.1 Å². The lowest BCUT2D eigenvalue weighted by atomic mass is 9.99. The standard InChI is InChI=1S/C21H26N2O4S/c1-23-11-5-6-15(13-23)14-27-21(26)19(16-7-3-2-4-8-16)22-12-17-9-10-18(28-17)20(24)25/h2-4,7-10,15,19,22H,5-6,11-14H2,1H3,(H,24,25)/t15-,19?/m0/s1. The molecule has 1 fully saturated rings. The number of hydrogen-bond donors (Lipinski definition) is 2. The number of carboxylic acid groups (broad SMARTS) is 1. The Kier molecular flexibility index (Phi) is 7.19. The molecule has 1 aliphatic heterocycles. The van der Waals surface area contributed by atoms with E-state index in [-0.39, 0.29) is 10.8 Å². The number of benzene rings is 1. The first-order valence-electron chi connectivity index (χ1n) is 9.48. The number of carboxylic acids is 1. The SMILES string of the molecule is CN1CCC[C@H](COC(=O)C(NCc2ccc(C(=O)O)s2)c2ccccc2)C1. The molecule has 2 aromatic rings. The Bertz CT molecular complexity index is 793. The molecule has 1 aromatic carbocycles. The summed E-state index contributed by atoms with van der Waals surface area (Å²) in [6.45, 7) is 2.87. The quantitative estimate of drug-likeness (QED) is 0.661. The number of nitrogens with one attached hydrogen (secondary N) is 1. The van der Waals surface area contributed by atoms with Gasteiger partial charge in [-0.05, 0) is 44.1 Å². The number of piperidine rings is 1. The number of ether oxygens (including phenoxy) is 1. The lowest BCUT2D eigenvalue weighted by Crippen LogP contribution is -2.36. The van der Waals surface area contributed by atoms with Gasteiger partial charge < -0.3 is 14.7 Å². The number of carbonyl (C=O) groups excluding carboxylic acids is 1. The van der Waals surface area contributed by atoms with E-state index in [1.807, 2.05) is 30.3 Å². The molecule has 150 valence electrons. The smallest absolute Gasteiger partial charge is 0.345 e. The van der Waals surface area contributed by atoms with Gasteiger partial charge >= 0.3 is 11.9 Å². The van der Waals surface area contributed by atoms with Gasteiger partial charge in [-0.2, -0.15) is 0 Å². The summed E-state index contributed by atoms with van der Waals surface area (Å²) in [4.78, 5) is 27.3. The highest BCUT2D eigenvalue weighted by Crippen LogP contribution is 2.21. The molecule has 1 aromatic heterocycles. The van der Waals surface area contributed by atoms with Gasteiger partial charge in [0.05, 0.1) is 6.61 Å². The summed E-state index contributed by atoms with van der Waals surface area (Å²) in [7, 11) is 2.09. The zero-order valence-electron chi connectivity index (χ0n) is 16.0. The molecule has 0 aliphatic carbocycles. The number of esters is 1. The predicted molar refractivity (Wildman–Crippen MR) is 108 cm³/mol. The van der Waals surface area contributed by atoms with E-state index in [4.69, 9.17) is 9.84 Å². The van der Waals surface area contributed by atoms with Crippen molar-refractivity contribution in [2.75, 3.05) is 26.7 Å². The van der Waals surface area contributed by atoms with Crippen LogP contribution in [0.1, 0.15) is 39.0 Å². The van der Waals surface area contributed by atoms with Gasteiger partial charge in [0.1, 0.15) is 10.9 Å². The number of likely N-dealkylation sites (tertiary alicyclic amines) is 1. The molecule has 1 unspecified atom stereocenters. The summed E-state index contributed by atoms with van der Waals surface area (Å²) < 4.78 is 5.66. The number of thiophene rings is 1. The van der Waals surface area contributed by atoms with Crippen LogP contribution in [0.2, 0.25) is 0 Å². The first-order valence-corrected chi connectivity index (χ1v) is 10.3. The van der Waals surface area contributed by atoms with Crippen LogP contribution in [0.5, 0.6) is 0 Å². The van der Waals surface area contributed by atoms with Crippen LogP contribution in [0, 0.1) is 5.92 Å². The van der Waals surface area contributed by atoms with Gasteiger partial charge in [-0.15, -0.1) is 11.3 Å². The second-order valence-corrected chi connectivity index (χ2v) is 8.36. The minimum absolute atomic E-state index is 0.289. The van der Waals surface area contributed by atoms with E-state index in [0.717, 1.165) is 36.4 Å². The molecule has 1 saturated heterocycles. The van der Waals surface area contributed by atoms with Gasteiger partial charge in [0, 0.05) is 23.9 Å². The fourth-order valence-corrected chi connectivity index (χ4v) is 4.26. The minimum atomic E-state index is -0.937. The third-order valence-electron chi connectivity index (χ3n) is 4.90. The molecule has 0 amide bonds. The van der Waals surface area contributed by atoms with Crippen LogP contribution in [-0.4, -0.2) is 48.7 Å². The predicted octanol–water partition coefficient (Wildman–Crippen LogP) is 3.16. The van der Waals surface area contributed by atoms with E-state index in [9.17, 15) is 9.59 Å². The second kappa shape index (κ2) is 9.82. The summed E-state index contributed by atoms with van der Waals surface area (Å²) in [6.07, 6.45) is 2.21. The van der Waals surface area contributed by atoms with E-state index in [2.05, 4.69) is 17.3 Å². The lowest BCUT2D eigenvalue weighted by molar-refractivity contribution is -0.148. The Hall–Kier alpha value is -2.22. The molecule has 6 nitrogen and oxygen atoms in total. The van der Waals surface area contributed by atoms with Crippen molar-refractivity contribution < 1.29 is 19.4 Å². The summed E-state index contributed by atoms with van der Waals surface area (Å²) in [5, 5.41) is 12.3. The molecule has 2 heterocycles. The summed E-state index contributed by atoms with van der Waals surface area (Å²) in [6, 6.07) is 12.2. The first-order chi connectivity index (χ1) is 13.5. The third kappa shape index (κ3) is 5.64. The maximum atomic E-state index is 12.8. The van der Waals surface area contributed by atoms with E-state index in [1.54, 1.807) is 12.1 Å². The minimum Gasteiger partial charge on any atom is -0.477 e. The van der Waals surface area contributed by atoms with Gasteiger partial charge in [0.15, 0.2) is 0 Å². The summed E-state index contributed by atoms with van der Waals surface area (Å²) >= 11 is 1.21. The van der Waals surface area contributed by atoms with Gasteiger partial charge in [-0.1, -0.05) is 30.3 Å². The normalized spacial score (nSPS) is 18.5. The molecule has 0 saturated carbocycles. The second-order valence-electron chi connectivity index (χ2n) is 7.20. The highest BCUT2D eigenvalue weighted by molar-refractivity contribution is 7.13. The van der Waals surface area contributed by atoms with Gasteiger partial charge in [0.25, 0.3) is 0 Å². The van der Waals surface area contributed by atoms with Crippen molar-refractivity contribution in [3.05, 3.63) is 57.8 Å². The van der Waals surface area contributed by atoms with Gasteiger partial charge in [0.2, 0.25) is 0 Å².